The molecule has 3 aromatic rings. The molecule has 3 aliphatic rings. The molecule has 3 nitrogen and oxygen atoms in total. The van der Waals surface area contributed by atoms with Crippen LogP contribution in [0.1, 0.15) is 115 Å². The molecule has 37 heavy (non-hydrogen) atoms. The molecule has 0 spiro atoms. The van der Waals surface area contributed by atoms with Crippen molar-refractivity contribution >= 4 is 18.2 Å². The number of hydrogen-bond donors (Lipinski definition) is 0. The largest absolute Gasteiger partial charge is 0.260 e. The normalized spacial score (nSPS) is 13.9. The number of allylic oxidation sites excluding steroid dienone is 3. The zero-order valence-electron chi connectivity index (χ0n) is 23.5. The molecule has 192 valence electrons. The summed E-state index contributed by atoms with van der Waals surface area (Å²) in [5.41, 5.74) is 12.9. The van der Waals surface area contributed by atoms with Gasteiger partial charge in [-0.2, -0.15) is 0 Å². The van der Waals surface area contributed by atoms with Crippen molar-refractivity contribution in [3.05, 3.63) is 105 Å². The number of hydrogen-bond acceptors (Lipinski definition) is 3. The molecule has 3 aromatic heterocycles. The molecule has 6 rings (SSSR count). The summed E-state index contributed by atoms with van der Waals surface area (Å²) >= 11 is 0. The molecule has 0 atom stereocenters. The number of fused-ring (bicyclic) bond motifs is 3. The summed E-state index contributed by atoms with van der Waals surface area (Å²) in [6, 6.07) is 6.80. The van der Waals surface area contributed by atoms with Gasteiger partial charge in [0, 0.05) is 23.8 Å². The van der Waals surface area contributed by atoms with Gasteiger partial charge in [-0.25, -0.2) is 0 Å². The Balaban J connectivity index is 0.000000130. The molecule has 3 heterocycles. The summed E-state index contributed by atoms with van der Waals surface area (Å²) in [7, 11) is 0. The number of aryl methyl sites for hydroxylation is 1. The molecular weight excluding hydrogens is 450 g/mol. The first-order chi connectivity index (χ1) is 17.7. The van der Waals surface area contributed by atoms with Gasteiger partial charge in [0.1, 0.15) is 0 Å². The van der Waals surface area contributed by atoms with Gasteiger partial charge in [-0.15, -0.1) is 0 Å². The summed E-state index contributed by atoms with van der Waals surface area (Å²) in [6.07, 6.45) is 20.1. The van der Waals surface area contributed by atoms with Crippen molar-refractivity contribution < 1.29 is 0 Å². The molecule has 0 aromatic carbocycles. The Morgan fingerprint density at radius 1 is 0.622 bits per heavy atom. The van der Waals surface area contributed by atoms with Crippen molar-refractivity contribution in [1.29, 1.82) is 0 Å². The van der Waals surface area contributed by atoms with Gasteiger partial charge in [0.25, 0.3) is 0 Å². The maximum atomic E-state index is 4.59. The highest BCUT2D eigenvalue weighted by Gasteiger charge is 2.12. The van der Waals surface area contributed by atoms with E-state index in [0.29, 0.717) is 17.8 Å². The fourth-order valence-electron chi connectivity index (χ4n) is 4.82. The van der Waals surface area contributed by atoms with Crippen molar-refractivity contribution in [2.75, 3.05) is 0 Å². The molecule has 0 amide bonds. The van der Waals surface area contributed by atoms with Crippen molar-refractivity contribution in [3.8, 4) is 0 Å². The molecule has 0 aliphatic heterocycles. The molecular formula is C34H41N3. The Morgan fingerprint density at radius 2 is 1.27 bits per heavy atom. The Bertz CT molecular complexity index is 1270. The van der Waals surface area contributed by atoms with Gasteiger partial charge in [0.05, 0.1) is 11.4 Å². The zero-order chi connectivity index (χ0) is 26.5. The van der Waals surface area contributed by atoms with Crippen molar-refractivity contribution in [2.24, 2.45) is 0 Å². The van der Waals surface area contributed by atoms with Gasteiger partial charge >= 0.3 is 0 Å². The van der Waals surface area contributed by atoms with E-state index >= 15 is 0 Å². The minimum Gasteiger partial charge on any atom is -0.260 e. The summed E-state index contributed by atoms with van der Waals surface area (Å²) in [5.74, 6) is 1.71. The fourth-order valence-corrected chi connectivity index (χ4v) is 4.82. The second kappa shape index (κ2) is 11.8. The molecule has 0 saturated heterocycles. The predicted octanol–water partition coefficient (Wildman–Crippen LogP) is 8.63. The van der Waals surface area contributed by atoms with Crippen molar-refractivity contribution in [3.63, 3.8) is 0 Å². The van der Waals surface area contributed by atoms with Crippen LogP contribution in [0.4, 0.5) is 0 Å². The van der Waals surface area contributed by atoms with Gasteiger partial charge in [-0.05, 0) is 95.5 Å². The fraction of sp³-hybridized carbons (Fsp3) is 0.382. The van der Waals surface area contributed by atoms with Crippen molar-refractivity contribution in [1.82, 2.24) is 15.0 Å². The Morgan fingerprint density at radius 3 is 1.95 bits per heavy atom. The minimum absolute atomic E-state index is 0.538. The van der Waals surface area contributed by atoms with Gasteiger partial charge < -0.3 is 0 Å². The third kappa shape index (κ3) is 6.52. The van der Waals surface area contributed by atoms with E-state index in [1.807, 2.05) is 12.4 Å². The van der Waals surface area contributed by atoms with E-state index in [4.69, 9.17) is 0 Å². The highest BCUT2D eigenvalue weighted by atomic mass is 14.7. The van der Waals surface area contributed by atoms with Crippen LogP contribution in [0.25, 0.3) is 18.2 Å². The van der Waals surface area contributed by atoms with E-state index in [1.165, 1.54) is 50.5 Å². The van der Waals surface area contributed by atoms with Crippen LogP contribution in [0.2, 0.25) is 0 Å². The lowest BCUT2D eigenvalue weighted by Crippen LogP contribution is -1.99. The third-order valence-electron chi connectivity index (χ3n) is 7.18. The first-order valence-corrected chi connectivity index (χ1v) is 13.7. The van der Waals surface area contributed by atoms with Gasteiger partial charge in [-0.3, -0.25) is 15.0 Å². The molecule has 0 radical (unpaired) electrons. The zero-order valence-corrected chi connectivity index (χ0v) is 23.5. The smallest absolute Gasteiger partial charge is 0.0665 e. The van der Waals surface area contributed by atoms with Crippen LogP contribution < -0.4 is 0 Å². The van der Waals surface area contributed by atoms with Gasteiger partial charge in [0.15, 0.2) is 0 Å². The SMILES string of the molecule is CC(C)c1cc2c(cn1)C=CC2.CC(C)c1cnc2c(c1)CC=C2.Cc1nc2c(cc1C(C)C)CC=C2. The molecule has 0 N–H and O–H groups in total. The highest BCUT2D eigenvalue weighted by Crippen LogP contribution is 2.25. The predicted molar refractivity (Wildman–Crippen MR) is 158 cm³/mol. The summed E-state index contributed by atoms with van der Waals surface area (Å²) < 4.78 is 0. The molecule has 0 saturated carbocycles. The van der Waals surface area contributed by atoms with Crippen LogP contribution in [-0.4, -0.2) is 15.0 Å². The lowest BCUT2D eigenvalue weighted by atomic mass is 9.99. The van der Waals surface area contributed by atoms with Crippen LogP contribution in [0.3, 0.4) is 0 Å². The summed E-state index contributed by atoms with van der Waals surface area (Å²) in [4.78, 5) is 13.4. The second-order valence-electron chi connectivity index (χ2n) is 11.1. The number of aromatic nitrogens is 3. The van der Waals surface area contributed by atoms with E-state index in [0.717, 1.165) is 25.0 Å². The van der Waals surface area contributed by atoms with Crippen LogP contribution in [0.5, 0.6) is 0 Å². The average Bonchev–Trinajstić information content (AvgIpc) is 3.63. The van der Waals surface area contributed by atoms with E-state index in [-0.39, 0.29) is 0 Å². The molecule has 0 bridgehead atoms. The first-order valence-electron chi connectivity index (χ1n) is 13.7. The van der Waals surface area contributed by atoms with Crippen LogP contribution >= 0.6 is 0 Å². The summed E-state index contributed by atoms with van der Waals surface area (Å²) in [6.45, 7) is 15.3. The quantitative estimate of drug-likeness (QED) is 0.368. The van der Waals surface area contributed by atoms with Gasteiger partial charge in [0.2, 0.25) is 0 Å². The summed E-state index contributed by atoms with van der Waals surface area (Å²) in [5, 5.41) is 0. The number of nitrogens with zero attached hydrogens (tertiary/aromatic N) is 3. The Labute approximate surface area is 223 Å². The Hall–Kier alpha value is -3.33. The molecule has 3 aliphatic carbocycles. The average molecular weight is 492 g/mol. The van der Waals surface area contributed by atoms with Crippen molar-refractivity contribution in [2.45, 2.75) is 85.5 Å². The van der Waals surface area contributed by atoms with E-state index in [2.05, 4.69) is 118 Å². The van der Waals surface area contributed by atoms with Gasteiger partial charge in [-0.1, -0.05) is 78.0 Å². The van der Waals surface area contributed by atoms with E-state index in [9.17, 15) is 0 Å². The maximum Gasteiger partial charge on any atom is 0.0665 e. The molecule has 0 fully saturated rings. The molecule has 0 unspecified atom stereocenters. The lowest BCUT2D eigenvalue weighted by Gasteiger charge is -2.11. The monoisotopic (exact) mass is 491 g/mol. The standard InChI is InChI=1S/C12H15N.2C11H13N/c1-8(2)11-7-10-5-4-6-12(10)13-9(11)3;1-8(2)10-6-9-4-3-5-11(9)12-7-10;1-8(2)11-6-9-4-3-5-10(9)7-12-11/h4,6-8H,5H2,1-3H3;2*3,5-8H,4H2,1-2H3. The lowest BCUT2D eigenvalue weighted by molar-refractivity contribution is 0.819. The molecule has 3 heteroatoms. The second-order valence-corrected chi connectivity index (χ2v) is 11.1. The van der Waals surface area contributed by atoms with E-state index in [1.54, 1.807) is 0 Å². The maximum absolute atomic E-state index is 4.59. The Kier molecular flexibility index (Phi) is 8.53. The van der Waals surface area contributed by atoms with Crippen LogP contribution in [-0.2, 0) is 19.3 Å². The topological polar surface area (TPSA) is 38.7 Å². The van der Waals surface area contributed by atoms with Crippen LogP contribution in [0.15, 0.2) is 48.8 Å². The number of pyridine rings is 3. The van der Waals surface area contributed by atoms with Crippen LogP contribution in [0, 0.1) is 6.92 Å². The first kappa shape index (κ1) is 26.7. The third-order valence-corrected chi connectivity index (χ3v) is 7.18. The minimum atomic E-state index is 0.538. The highest BCUT2D eigenvalue weighted by molar-refractivity contribution is 5.59. The number of rotatable bonds is 3. The van der Waals surface area contributed by atoms with E-state index < -0.39 is 0 Å².